The van der Waals surface area contributed by atoms with Gasteiger partial charge in [0.05, 0.1) is 11.7 Å². The van der Waals surface area contributed by atoms with Gasteiger partial charge in [0.25, 0.3) is 5.56 Å². The number of nitrogens with zero attached hydrogens (tertiary/aromatic N) is 2. The number of nitrogens with one attached hydrogen (secondary N) is 1. The van der Waals surface area contributed by atoms with E-state index in [1.807, 2.05) is 19.1 Å². The molecule has 0 bridgehead atoms. The minimum absolute atomic E-state index is 0.174. The van der Waals surface area contributed by atoms with E-state index in [1.54, 1.807) is 13.1 Å². The van der Waals surface area contributed by atoms with Gasteiger partial charge >= 0.3 is 0 Å². The zero-order valence-corrected chi connectivity index (χ0v) is 8.46. The quantitative estimate of drug-likeness (QED) is 0.697. The topological polar surface area (TPSA) is 69.5 Å². The highest BCUT2D eigenvalue weighted by Gasteiger charge is 2.08. The smallest absolute Gasteiger partial charge is 0.266 e. The van der Waals surface area contributed by atoms with Crippen LogP contribution < -0.4 is 5.56 Å². The molecule has 0 fully saturated rings. The van der Waals surface area contributed by atoms with Crippen LogP contribution in [-0.2, 0) is 0 Å². The van der Waals surface area contributed by atoms with E-state index in [4.69, 9.17) is 5.26 Å². The minimum Gasteiger partial charge on any atom is -0.319 e. The predicted octanol–water partition coefficient (Wildman–Crippen LogP) is 1.41. The summed E-state index contributed by atoms with van der Waals surface area (Å²) >= 11 is 0. The number of hydrogen-bond donors (Lipinski definition) is 1. The molecule has 0 aliphatic carbocycles. The molecule has 15 heavy (non-hydrogen) atoms. The van der Waals surface area contributed by atoms with Gasteiger partial charge in [-0.3, -0.25) is 9.78 Å². The summed E-state index contributed by atoms with van der Waals surface area (Å²) in [5.74, 6) is 0. The second-order valence-corrected chi connectivity index (χ2v) is 3.44. The van der Waals surface area contributed by atoms with Crippen LogP contribution in [-0.4, -0.2) is 9.97 Å². The maximum Gasteiger partial charge on any atom is 0.266 e. The van der Waals surface area contributed by atoms with Crippen molar-refractivity contribution in [2.24, 2.45) is 0 Å². The number of aryl methyl sites for hydroxylation is 2. The molecule has 2 aromatic heterocycles. The molecule has 0 spiro atoms. The first-order valence-corrected chi connectivity index (χ1v) is 4.53. The van der Waals surface area contributed by atoms with Crippen LogP contribution in [0.15, 0.2) is 17.1 Å². The third kappa shape index (κ3) is 1.38. The lowest BCUT2D eigenvalue weighted by Crippen LogP contribution is -2.12. The van der Waals surface area contributed by atoms with Crippen LogP contribution in [0.25, 0.3) is 10.9 Å². The van der Waals surface area contributed by atoms with E-state index in [0.717, 1.165) is 11.1 Å². The summed E-state index contributed by atoms with van der Waals surface area (Å²) in [7, 11) is 0. The van der Waals surface area contributed by atoms with E-state index in [0.29, 0.717) is 11.1 Å². The Hall–Kier alpha value is -2.15. The Kier molecular flexibility index (Phi) is 2.01. The molecule has 0 atom stereocenters. The molecule has 2 aromatic rings. The standard InChI is InChI=1S/C11H9N3O/c1-6-3-8-7(2)9(4-12)11(15)14-10(8)5-13-6/h3,5H,1-2H3,(H,14,15). The zero-order chi connectivity index (χ0) is 11.0. The molecule has 0 unspecified atom stereocenters. The molecule has 2 heterocycles. The van der Waals surface area contributed by atoms with Crippen molar-refractivity contribution in [1.29, 1.82) is 5.26 Å². The second-order valence-electron chi connectivity index (χ2n) is 3.44. The third-order valence-electron chi connectivity index (χ3n) is 2.41. The highest BCUT2D eigenvalue weighted by atomic mass is 16.1. The van der Waals surface area contributed by atoms with E-state index in [1.165, 1.54) is 0 Å². The number of aromatic nitrogens is 2. The molecule has 0 amide bonds. The summed E-state index contributed by atoms with van der Waals surface area (Å²) in [5.41, 5.74) is 2.06. The van der Waals surface area contributed by atoms with Gasteiger partial charge in [-0.25, -0.2) is 0 Å². The Morgan fingerprint density at radius 1 is 1.47 bits per heavy atom. The fourth-order valence-corrected chi connectivity index (χ4v) is 1.59. The molecule has 0 saturated heterocycles. The van der Waals surface area contributed by atoms with Crippen LogP contribution in [0.5, 0.6) is 0 Å². The summed E-state index contributed by atoms with van der Waals surface area (Å²) in [6.07, 6.45) is 1.61. The molecule has 0 aromatic carbocycles. The number of nitriles is 1. The number of rotatable bonds is 0. The van der Waals surface area contributed by atoms with Crippen molar-refractivity contribution in [2.45, 2.75) is 13.8 Å². The van der Waals surface area contributed by atoms with Gasteiger partial charge < -0.3 is 4.98 Å². The van der Waals surface area contributed by atoms with E-state index in [2.05, 4.69) is 9.97 Å². The van der Waals surface area contributed by atoms with Crippen molar-refractivity contribution in [1.82, 2.24) is 9.97 Å². The molecule has 4 heteroatoms. The lowest BCUT2D eigenvalue weighted by Gasteiger charge is -2.03. The number of aromatic amines is 1. The van der Waals surface area contributed by atoms with E-state index in [-0.39, 0.29) is 11.1 Å². The number of fused-ring (bicyclic) bond motifs is 1. The Morgan fingerprint density at radius 2 is 2.20 bits per heavy atom. The van der Waals surface area contributed by atoms with Crippen LogP contribution in [0.2, 0.25) is 0 Å². The van der Waals surface area contributed by atoms with Crippen molar-refractivity contribution in [3.8, 4) is 6.07 Å². The predicted molar refractivity (Wildman–Crippen MR) is 56.6 cm³/mol. The average molecular weight is 199 g/mol. The molecule has 0 saturated carbocycles. The molecular weight excluding hydrogens is 190 g/mol. The Bertz CT molecular complexity index is 635. The normalized spacial score (nSPS) is 10.2. The van der Waals surface area contributed by atoms with Gasteiger partial charge in [-0.15, -0.1) is 0 Å². The fourth-order valence-electron chi connectivity index (χ4n) is 1.59. The Labute approximate surface area is 86.2 Å². The van der Waals surface area contributed by atoms with Crippen molar-refractivity contribution in [3.05, 3.63) is 39.4 Å². The van der Waals surface area contributed by atoms with Crippen LogP contribution in [0.1, 0.15) is 16.8 Å². The molecule has 1 N–H and O–H groups in total. The molecule has 2 rings (SSSR count). The van der Waals surface area contributed by atoms with Crippen LogP contribution >= 0.6 is 0 Å². The maximum atomic E-state index is 11.5. The van der Waals surface area contributed by atoms with Gasteiger partial charge in [0, 0.05) is 11.1 Å². The minimum atomic E-state index is -0.354. The summed E-state index contributed by atoms with van der Waals surface area (Å²) in [4.78, 5) is 18.2. The van der Waals surface area contributed by atoms with Gasteiger partial charge in [-0.05, 0) is 25.5 Å². The van der Waals surface area contributed by atoms with Gasteiger partial charge in [-0.1, -0.05) is 0 Å². The zero-order valence-electron chi connectivity index (χ0n) is 8.46. The molecule has 0 aliphatic heterocycles. The van der Waals surface area contributed by atoms with Crippen molar-refractivity contribution < 1.29 is 0 Å². The summed E-state index contributed by atoms with van der Waals surface area (Å²) in [6.45, 7) is 3.64. The molecule has 4 nitrogen and oxygen atoms in total. The van der Waals surface area contributed by atoms with Crippen LogP contribution in [0, 0.1) is 25.2 Å². The van der Waals surface area contributed by atoms with E-state index < -0.39 is 0 Å². The second kappa shape index (κ2) is 3.21. The van der Waals surface area contributed by atoms with Crippen molar-refractivity contribution in [2.75, 3.05) is 0 Å². The molecular formula is C11H9N3O. The maximum absolute atomic E-state index is 11.5. The molecule has 0 aliphatic rings. The van der Waals surface area contributed by atoms with Crippen LogP contribution in [0.3, 0.4) is 0 Å². The monoisotopic (exact) mass is 199 g/mol. The van der Waals surface area contributed by atoms with Gasteiger partial charge in [0.2, 0.25) is 0 Å². The molecule has 74 valence electrons. The van der Waals surface area contributed by atoms with Gasteiger partial charge in [0.1, 0.15) is 11.6 Å². The summed E-state index contributed by atoms with van der Waals surface area (Å²) in [6, 6.07) is 3.77. The highest BCUT2D eigenvalue weighted by molar-refractivity contribution is 5.83. The Balaban J connectivity index is 3.00. The number of H-pyrrole nitrogens is 1. The molecule has 0 radical (unpaired) electrons. The SMILES string of the molecule is Cc1cc2c(C)c(C#N)c(=O)[nH]c2cn1. The first-order valence-electron chi connectivity index (χ1n) is 4.53. The highest BCUT2D eigenvalue weighted by Crippen LogP contribution is 2.16. The largest absolute Gasteiger partial charge is 0.319 e. The van der Waals surface area contributed by atoms with Gasteiger partial charge in [-0.2, -0.15) is 5.26 Å². The van der Waals surface area contributed by atoms with Crippen LogP contribution in [0.4, 0.5) is 0 Å². The summed E-state index contributed by atoms with van der Waals surface area (Å²) in [5, 5.41) is 9.72. The van der Waals surface area contributed by atoms with Crippen molar-refractivity contribution >= 4 is 10.9 Å². The number of hydrogen-bond acceptors (Lipinski definition) is 3. The Morgan fingerprint density at radius 3 is 2.87 bits per heavy atom. The van der Waals surface area contributed by atoms with Gasteiger partial charge in [0.15, 0.2) is 0 Å². The lowest BCUT2D eigenvalue weighted by atomic mass is 10.1. The number of pyridine rings is 2. The lowest BCUT2D eigenvalue weighted by molar-refractivity contribution is 1.17. The first-order chi connectivity index (χ1) is 7.13. The first kappa shape index (κ1) is 9.41. The third-order valence-corrected chi connectivity index (χ3v) is 2.41. The van der Waals surface area contributed by atoms with E-state index in [9.17, 15) is 4.79 Å². The van der Waals surface area contributed by atoms with Crippen molar-refractivity contribution in [3.63, 3.8) is 0 Å². The fraction of sp³-hybridized carbons (Fsp3) is 0.182. The van der Waals surface area contributed by atoms with E-state index >= 15 is 0 Å². The summed E-state index contributed by atoms with van der Waals surface area (Å²) < 4.78 is 0. The average Bonchev–Trinajstić information content (AvgIpc) is 2.20.